The summed E-state index contributed by atoms with van der Waals surface area (Å²) in [6.45, 7) is 5.80. The van der Waals surface area contributed by atoms with Crippen molar-refractivity contribution in [3.05, 3.63) is 43.0 Å². The number of aromatic nitrogens is 2. The smallest absolute Gasteiger partial charge is 0.191 e. The summed E-state index contributed by atoms with van der Waals surface area (Å²) in [6.07, 6.45) is 6.54. The summed E-state index contributed by atoms with van der Waals surface area (Å²) in [4.78, 5) is 8.60. The molecule has 0 fully saturated rings. The lowest BCUT2D eigenvalue weighted by Crippen LogP contribution is -2.39. The van der Waals surface area contributed by atoms with E-state index in [4.69, 9.17) is 9.47 Å². The van der Waals surface area contributed by atoms with E-state index in [1.807, 2.05) is 36.8 Å². The maximum absolute atomic E-state index is 5.70. The van der Waals surface area contributed by atoms with Gasteiger partial charge in [-0.3, -0.25) is 4.99 Å². The van der Waals surface area contributed by atoms with Crippen LogP contribution < -0.4 is 20.1 Å². The first-order chi connectivity index (χ1) is 12.3. The van der Waals surface area contributed by atoms with Crippen LogP contribution in [0, 0.1) is 0 Å². The summed E-state index contributed by atoms with van der Waals surface area (Å²) in [5, 5.41) is 6.51. The third-order valence-corrected chi connectivity index (χ3v) is 3.47. The molecule has 0 atom stereocenters. The summed E-state index contributed by atoms with van der Waals surface area (Å²) < 4.78 is 12.9. The van der Waals surface area contributed by atoms with Crippen molar-refractivity contribution in [3.8, 4) is 11.5 Å². The molecule has 0 saturated heterocycles. The molecule has 0 bridgehead atoms. The molecule has 7 heteroatoms. The van der Waals surface area contributed by atoms with Crippen LogP contribution in [0.25, 0.3) is 0 Å². The largest absolute Gasteiger partial charge is 0.497 e. The lowest BCUT2D eigenvalue weighted by Gasteiger charge is -2.12. The zero-order valence-electron chi connectivity index (χ0n) is 14.9. The summed E-state index contributed by atoms with van der Waals surface area (Å²) in [7, 11) is 1.65. The first kappa shape index (κ1) is 18.6. The van der Waals surface area contributed by atoms with E-state index in [0.717, 1.165) is 43.5 Å². The molecule has 0 aliphatic rings. The lowest BCUT2D eigenvalue weighted by molar-refractivity contribution is 0.321. The summed E-state index contributed by atoms with van der Waals surface area (Å²) in [5.74, 6) is 2.46. The van der Waals surface area contributed by atoms with Gasteiger partial charge in [0.15, 0.2) is 5.96 Å². The van der Waals surface area contributed by atoms with E-state index in [1.165, 1.54) is 0 Å². The van der Waals surface area contributed by atoms with Gasteiger partial charge in [0, 0.05) is 32.0 Å². The zero-order valence-corrected chi connectivity index (χ0v) is 14.9. The van der Waals surface area contributed by atoms with Crippen LogP contribution in [0.4, 0.5) is 0 Å². The Kier molecular flexibility index (Phi) is 8.17. The van der Waals surface area contributed by atoms with Crippen molar-refractivity contribution in [1.29, 1.82) is 0 Å². The van der Waals surface area contributed by atoms with Crippen LogP contribution in [0.3, 0.4) is 0 Å². The number of aryl methyl sites for hydroxylation is 1. The lowest BCUT2D eigenvalue weighted by atomic mass is 10.3. The van der Waals surface area contributed by atoms with E-state index in [-0.39, 0.29) is 0 Å². The van der Waals surface area contributed by atoms with Gasteiger partial charge in [-0.25, -0.2) is 4.98 Å². The second-order valence-electron chi connectivity index (χ2n) is 5.37. The first-order valence-electron chi connectivity index (χ1n) is 8.56. The van der Waals surface area contributed by atoms with Gasteiger partial charge >= 0.3 is 0 Å². The molecule has 1 aromatic carbocycles. The van der Waals surface area contributed by atoms with Crippen molar-refractivity contribution in [2.24, 2.45) is 4.99 Å². The molecule has 25 heavy (non-hydrogen) atoms. The number of imidazole rings is 1. The van der Waals surface area contributed by atoms with E-state index < -0.39 is 0 Å². The van der Waals surface area contributed by atoms with Crippen molar-refractivity contribution in [2.45, 2.75) is 19.9 Å². The highest BCUT2D eigenvalue weighted by Gasteiger charge is 1.98. The quantitative estimate of drug-likeness (QED) is 0.391. The minimum Gasteiger partial charge on any atom is -0.497 e. The number of hydrogen-bond donors (Lipinski definition) is 2. The molecule has 7 nitrogen and oxygen atoms in total. The molecule has 2 rings (SSSR count). The van der Waals surface area contributed by atoms with Crippen LogP contribution in [0.1, 0.15) is 13.3 Å². The van der Waals surface area contributed by atoms with Crippen LogP contribution in [-0.2, 0) is 6.54 Å². The molecular weight excluding hydrogens is 318 g/mol. The average molecular weight is 345 g/mol. The Morgan fingerprint density at radius 2 is 2.00 bits per heavy atom. The van der Waals surface area contributed by atoms with Crippen molar-refractivity contribution < 1.29 is 9.47 Å². The highest BCUT2D eigenvalue weighted by Crippen LogP contribution is 2.16. The molecule has 2 N–H and O–H groups in total. The molecule has 0 amide bonds. The van der Waals surface area contributed by atoms with Gasteiger partial charge in [-0.05, 0) is 37.6 Å². The Balaban J connectivity index is 1.66. The zero-order chi connectivity index (χ0) is 17.7. The molecule has 0 unspecified atom stereocenters. The number of nitrogens with zero attached hydrogens (tertiary/aromatic N) is 3. The number of nitrogens with one attached hydrogen (secondary N) is 2. The topological polar surface area (TPSA) is 72.7 Å². The first-order valence-corrected chi connectivity index (χ1v) is 8.56. The van der Waals surface area contributed by atoms with Crippen LogP contribution in [0.2, 0.25) is 0 Å². The number of rotatable bonds is 10. The molecule has 0 aliphatic heterocycles. The van der Waals surface area contributed by atoms with Crippen molar-refractivity contribution >= 4 is 5.96 Å². The van der Waals surface area contributed by atoms with E-state index in [0.29, 0.717) is 13.2 Å². The van der Waals surface area contributed by atoms with Crippen LogP contribution in [0.5, 0.6) is 11.5 Å². The SMILES string of the molecule is CCNC(=NCCCn1ccnc1)NCCOc1ccc(OC)cc1. The minimum atomic E-state index is 0.561. The highest BCUT2D eigenvalue weighted by molar-refractivity contribution is 5.79. The van der Waals surface area contributed by atoms with Gasteiger partial charge in [0.25, 0.3) is 0 Å². The maximum Gasteiger partial charge on any atom is 0.191 e. The van der Waals surface area contributed by atoms with Crippen molar-refractivity contribution in [2.75, 3.05) is 33.4 Å². The molecule has 1 aromatic heterocycles. The predicted molar refractivity (Wildman–Crippen MR) is 99.3 cm³/mol. The molecule has 2 aromatic rings. The van der Waals surface area contributed by atoms with Crippen LogP contribution in [-0.4, -0.2) is 48.9 Å². The molecule has 0 saturated carbocycles. The fourth-order valence-electron chi connectivity index (χ4n) is 2.22. The van der Waals surface area contributed by atoms with Gasteiger partial charge in [-0.15, -0.1) is 0 Å². The molecule has 1 heterocycles. The minimum absolute atomic E-state index is 0.561. The number of ether oxygens (including phenoxy) is 2. The van der Waals surface area contributed by atoms with Crippen LogP contribution in [0.15, 0.2) is 48.0 Å². The van der Waals surface area contributed by atoms with Gasteiger partial charge in [-0.2, -0.15) is 0 Å². The van der Waals surface area contributed by atoms with Crippen molar-refractivity contribution in [1.82, 2.24) is 20.2 Å². The number of aliphatic imine (C=N–C) groups is 1. The monoisotopic (exact) mass is 345 g/mol. The normalized spacial score (nSPS) is 11.2. The number of guanidine groups is 1. The predicted octanol–water partition coefficient (Wildman–Crippen LogP) is 1.92. The second-order valence-corrected chi connectivity index (χ2v) is 5.37. The van der Waals surface area contributed by atoms with Gasteiger partial charge in [0.1, 0.15) is 18.1 Å². The third kappa shape index (κ3) is 7.15. The Hall–Kier alpha value is -2.70. The van der Waals surface area contributed by atoms with Crippen LogP contribution >= 0.6 is 0 Å². The molecular formula is C18H27N5O2. The van der Waals surface area contributed by atoms with Gasteiger partial charge in [0.2, 0.25) is 0 Å². The molecule has 136 valence electrons. The Labute approximate surface area is 149 Å². The van der Waals surface area contributed by atoms with Gasteiger partial charge < -0.3 is 24.7 Å². The maximum atomic E-state index is 5.70. The number of methoxy groups -OCH3 is 1. The molecule has 0 aliphatic carbocycles. The van der Waals surface area contributed by atoms with Gasteiger partial charge in [-0.1, -0.05) is 0 Å². The Bertz CT molecular complexity index is 611. The Morgan fingerprint density at radius 3 is 2.68 bits per heavy atom. The van der Waals surface area contributed by atoms with E-state index in [9.17, 15) is 0 Å². The molecule has 0 spiro atoms. The highest BCUT2D eigenvalue weighted by atomic mass is 16.5. The number of benzene rings is 1. The van der Waals surface area contributed by atoms with Gasteiger partial charge in [0.05, 0.1) is 20.0 Å². The summed E-state index contributed by atoms with van der Waals surface area (Å²) >= 11 is 0. The standard InChI is InChI=1S/C18H27N5O2/c1-3-20-18(21-9-4-12-23-13-10-19-15-23)22-11-14-25-17-7-5-16(24-2)6-8-17/h5-8,10,13,15H,3-4,9,11-12,14H2,1-2H3,(H2,20,21,22). The van der Waals surface area contributed by atoms with Crippen molar-refractivity contribution in [3.63, 3.8) is 0 Å². The Morgan fingerprint density at radius 1 is 1.20 bits per heavy atom. The third-order valence-electron chi connectivity index (χ3n) is 3.47. The van der Waals surface area contributed by atoms with E-state index >= 15 is 0 Å². The summed E-state index contributed by atoms with van der Waals surface area (Å²) in [5.41, 5.74) is 0. The fraction of sp³-hybridized carbons (Fsp3) is 0.444. The fourth-order valence-corrected chi connectivity index (χ4v) is 2.22. The van der Waals surface area contributed by atoms with E-state index in [2.05, 4.69) is 32.1 Å². The molecule has 0 radical (unpaired) electrons. The average Bonchev–Trinajstić information content (AvgIpc) is 3.16. The van der Waals surface area contributed by atoms with E-state index in [1.54, 1.807) is 13.3 Å². The number of hydrogen-bond acceptors (Lipinski definition) is 4. The summed E-state index contributed by atoms with van der Waals surface area (Å²) in [6, 6.07) is 7.56. The second kappa shape index (κ2) is 11.0.